The van der Waals surface area contributed by atoms with E-state index in [9.17, 15) is 5.11 Å². The maximum atomic E-state index is 10.7. The van der Waals surface area contributed by atoms with Gasteiger partial charge in [0.1, 0.15) is 5.71 Å². The van der Waals surface area contributed by atoms with Crippen molar-refractivity contribution in [1.29, 1.82) is 0 Å². The minimum absolute atomic E-state index is 0.383. The van der Waals surface area contributed by atoms with E-state index in [1.807, 2.05) is 30.3 Å². The van der Waals surface area contributed by atoms with Crippen LogP contribution in [0.25, 0.3) is 0 Å². The van der Waals surface area contributed by atoms with Crippen molar-refractivity contribution in [3.05, 3.63) is 58.9 Å². The Bertz CT molecular complexity index is 733. The Morgan fingerprint density at radius 2 is 1.95 bits per heavy atom. The zero-order valence-corrected chi connectivity index (χ0v) is 12.7. The predicted octanol–water partition coefficient (Wildman–Crippen LogP) is 2.87. The second-order valence-electron chi connectivity index (χ2n) is 6.22. The molecule has 1 aromatic heterocycles. The third-order valence-corrected chi connectivity index (χ3v) is 4.79. The van der Waals surface area contributed by atoms with Crippen LogP contribution in [0.2, 0.25) is 0 Å². The average Bonchev–Trinajstić information content (AvgIpc) is 3.11. The first-order chi connectivity index (χ1) is 10.7. The summed E-state index contributed by atoms with van der Waals surface area (Å²) in [5, 5.41) is 14.9. The van der Waals surface area contributed by atoms with E-state index in [1.54, 1.807) is 0 Å². The quantitative estimate of drug-likeness (QED) is 0.926. The summed E-state index contributed by atoms with van der Waals surface area (Å²) < 4.78 is 2.22. The Labute approximate surface area is 130 Å². The van der Waals surface area contributed by atoms with E-state index in [0.29, 0.717) is 6.42 Å². The standard InChI is InChI=1S/C18H20N2O2/c1-20-16-10-6-5-7-13(16)11-17(20)15-12-18(21,22-19-15)14-8-3-2-4-9-14/h2-4,8-9,11,21H,5-7,10,12H2,1H3. The van der Waals surface area contributed by atoms with Crippen molar-refractivity contribution in [3.63, 3.8) is 0 Å². The number of rotatable bonds is 2. The van der Waals surface area contributed by atoms with E-state index < -0.39 is 5.79 Å². The summed E-state index contributed by atoms with van der Waals surface area (Å²) in [6.07, 6.45) is 5.16. The largest absolute Gasteiger partial charge is 0.355 e. The number of benzene rings is 1. The lowest BCUT2D eigenvalue weighted by Gasteiger charge is -2.19. The first kappa shape index (κ1) is 13.6. The number of aromatic nitrogens is 1. The molecule has 0 amide bonds. The van der Waals surface area contributed by atoms with Crippen LogP contribution < -0.4 is 0 Å². The van der Waals surface area contributed by atoms with E-state index in [2.05, 4.69) is 22.8 Å². The summed E-state index contributed by atoms with van der Waals surface area (Å²) in [6, 6.07) is 11.7. The summed E-state index contributed by atoms with van der Waals surface area (Å²) in [4.78, 5) is 5.41. The minimum atomic E-state index is -1.35. The van der Waals surface area contributed by atoms with Gasteiger partial charge in [0.15, 0.2) is 0 Å². The van der Waals surface area contributed by atoms with E-state index in [1.165, 1.54) is 24.1 Å². The molecule has 1 unspecified atom stereocenters. The first-order valence-corrected chi connectivity index (χ1v) is 7.88. The van der Waals surface area contributed by atoms with Gasteiger partial charge in [-0.05, 0) is 37.3 Å². The summed E-state index contributed by atoms with van der Waals surface area (Å²) >= 11 is 0. The fourth-order valence-electron chi connectivity index (χ4n) is 3.55. The van der Waals surface area contributed by atoms with Crippen LogP contribution in [0.5, 0.6) is 0 Å². The molecule has 0 fully saturated rings. The molecule has 1 aliphatic carbocycles. The zero-order chi connectivity index (χ0) is 15.2. The summed E-state index contributed by atoms with van der Waals surface area (Å²) in [5.74, 6) is -1.35. The monoisotopic (exact) mass is 296 g/mol. The van der Waals surface area contributed by atoms with E-state index in [4.69, 9.17) is 4.84 Å². The molecular formula is C18H20N2O2. The Kier molecular flexibility index (Phi) is 3.08. The maximum Gasteiger partial charge on any atom is 0.266 e. The second kappa shape index (κ2) is 4.99. The van der Waals surface area contributed by atoms with Crippen LogP contribution in [0, 0.1) is 0 Å². The van der Waals surface area contributed by atoms with E-state index in [-0.39, 0.29) is 0 Å². The zero-order valence-electron chi connectivity index (χ0n) is 12.7. The molecule has 1 N–H and O–H groups in total. The molecule has 0 saturated carbocycles. The Morgan fingerprint density at radius 3 is 2.73 bits per heavy atom. The number of fused-ring (bicyclic) bond motifs is 1. The smallest absolute Gasteiger partial charge is 0.266 e. The van der Waals surface area contributed by atoms with Gasteiger partial charge in [0.25, 0.3) is 5.79 Å². The summed E-state index contributed by atoms with van der Waals surface area (Å²) in [7, 11) is 2.09. The number of oxime groups is 1. The van der Waals surface area contributed by atoms with Gasteiger partial charge in [-0.15, -0.1) is 0 Å². The lowest BCUT2D eigenvalue weighted by molar-refractivity contribution is -0.193. The highest BCUT2D eigenvalue weighted by atomic mass is 16.7. The molecule has 114 valence electrons. The Balaban J connectivity index is 1.65. The van der Waals surface area contributed by atoms with Crippen LogP contribution in [0.1, 0.15) is 41.8 Å². The topological polar surface area (TPSA) is 46.8 Å². The molecule has 1 aliphatic heterocycles. The molecule has 4 heteroatoms. The van der Waals surface area contributed by atoms with Crippen LogP contribution in [-0.4, -0.2) is 15.4 Å². The highest BCUT2D eigenvalue weighted by molar-refractivity contribution is 6.00. The molecule has 22 heavy (non-hydrogen) atoms. The van der Waals surface area contributed by atoms with Crippen molar-refractivity contribution in [1.82, 2.24) is 4.57 Å². The van der Waals surface area contributed by atoms with Gasteiger partial charge in [0, 0.05) is 18.3 Å². The molecule has 4 nitrogen and oxygen atoms in total. The van der Waals surface area contributed by atoms with E-state index in [0.717, 1.165) is 29.8 Å². The fraction of sp³-hybridized carbons (Fsp3) is 0.389. The lowest BCUT2D eigenvalue weighted by Crippen LogP contribution is -2.26. The van der Waals surface area contributed by atoms with Crippen molar-refractivity contribution in [2.75, 3.05) is 0 Å². The number of nitrogens with zero attached hydrogens (tertiary/aromatic N) is 2. The molecule has 0 radical (unpaired) electrons. The third kappa shape index (κ3) is 2.06. The Hall–Kier alpha value is -2.07. The molecule has 1 aromatic carbocycles. The molecule has 1 atom stereocenters. The molecule has 4 rings (SSSR count). The third-order valence-electron chi connectivity index (χ3n) is 4.79. The van der Waals surface area contributed by atoms with Gasteiger partial charge in [0.05, 0.1) is 12.1 Å². The van der Waals surface area contributed by atoms with Gasteiger partial charge in [-0.1, -0.05) is 35.5 Å². The van der Waals surface area contributed by atoms with Crippen LogP contribution in [0.3, 0.4) is 0 Å². The number of hydrogen-bond donors (Lipinski definition) is 1. The average molecular weight is 296 g/mol. The predicted molar refractivity (Wildman–Crippen MR) is 84.6 cm³/mol. The van der Waals surface area contributed by atoms with Gasteiger partial charge >= 0.3 is 0 Å². The van der Waals surface area contributed by atoms with E-state index >= 15 is 0 Å². The van der Waals surface area contributed by atoms with Gasteiger partial charge in [-0.2, -0.15) is 0 Å². The fourth-order valence-corrected chi connectivity index (χ4v) is 3.55. The van der Waals surface area contributed by atoms with Gasteiger partial charge < -0.3 is 14.5 Å². The van der Waals surface area contributed by atoms with Crippen molar-refractivity contribution in [3.8, 4) is 0 Å². The van der Waals surface area contributed by atoms with Gasteiger partial charge in [0.2, 0.25) is 0 Å². The second-order valence-corrected chi connectivity index (χ2v) is 6.22. The summed E-state index contributed by atoms with van der Waals surface area (Å²) in [6.45, 7) is 0. The van der Waals surface area contributed by atoms with Crippen LogP contribution >= 0.6 is 0 Å². The van der Waals surface area contributed by atoms with Gasteiger partial charge in [-0.25, -0.2) is 0 Å². The summed E-state index contributed by atoms with van der Waals surface area (Å²) in [5.41, 5.74) is 5.45. The maximum absolute atomic E-state index is 10.7. The molecule has 2 aromatic rings. The highest BCUT2D eigenvalue weighted by Crippen LogP contribution is 2.35. The van der Waals surface area contributed by atoms with Crippen molar-refractivity contribution in [2.24, 2.45) is 12.2 Å². The molecule has 0 spiro atoms. The molecule has 2 aliphatic rings. The van der Waals surface area contributed by atoms with Crippen molar-refractivity contribution in [2.45, 2.75) is 37.9 Å². The lowest BCUT2D eigenvalue weighted by atomic mass is 9.97. The number of aryl methyl sites for hydroxylation is 1. The molecule has 2 heterocycles. The molecule has 0 saturated heterocycles. The highest BCUT2D eigenvalue weighted by Gasteiger charge is 2.40. The van der Waals surface area contributed by atoms with Crippen molar-refractivity contribution >= 4 is 5.71 Å². The minimum Gasteiger partial charge on any atom is -0.355 e. The van der Waals surface area contributed by atoms with Crippen LogP contribution in [0.4, 0.5) is 0 Å². The first-order valence-electron chi connectivity index (χ1n) is 7.88. The molecular weight excluding hydrogens is 276 g/mol. The number of aliphatic hydroxyl groups is 1. The Morgan fingerprint density at radius 1 is 1.18 bits per heavy atom. The van der Waals surface area contributed by atoms with Gasteiger partial charge in [-0.3, -0.25) is 0 Å². The van der Waals surface area contributed by atoms with Crippen LogP contribution in [0.15, 0.2) is 41.6 Å². The SMILES string of the molecule is Cn1c(C2=NOC(O)(c3ccccc3)C2)cc2c1CCCC2. The van der Waals surface area contributed by atoms with Crippen molar-refractivity contribution < 1.29 is 9.94 Å². The normalized spacial score (nSPS) is 23.8. The number of hydrogen-bond acceptors (Lipinski definition) is 3. The molecule has 0 bridgehead atoms. The van der Waals surface area contributed by atoms with Crippen LogP contribution in [-0.2, 0) is 30.5 Å².